The van der Waals surface area contributed by atoms with Gasteiger partial charge < -0.3 is 25.4 Å². The fourth-order valence-electron chi connectivity index (χ4n) is 6.90. The van der Waals surface area contributed by atoms with E-state index >= 15 is 0 Å². The predicted octanol–water partition coefficient (Wildman–Crippen LogP) is 2.95. The van der Waals surface area contributed by atoms with Gasteiger partial charge in [-0.1, -0.05) is 49.4 Å². The van der Waals surface area contributed by atoms with Crippen molar-refractivity contribution in [3.63, 3.8) is 0 Å². The molecular formula is C30H37N3O5. The Kier molecular flexibility index (Phi) is 6.60. The number of aliphatic hydroxyl groups is 1. The molecule has 3 amide bonds. The monoisotopic (exact) mass is 519 g/mol. The number of hydrogen-bond acceptors (Lipinski definition) is 5. The van der Waals surface area contributed by atoms with E-state index in [2.05, 4.69) is 10.6 Å². The SMILES string of the molecule is Cc1ccc(C)c(NC(=O)C2N([C@H](C)CO)C(=O)[C@@H]3[C@H](C(=O)NCc4ccccc4)[C@@]4(C)OC23CC4C)c1. The molecule has 5 rings (SSSR count). The Morgan fingerprint density at radius 1 is 1.16 bits per heavy atom. The van der Waals surface area contributed by atoms with E-state index < -0.39 is 35.1 Å². The van der Waals surface area contributed by atoms with E-state index in [4.69, 9.17) is 4.74 Å². The van der Waals surface area contributed by atoms with Crippen molar-refractivity contribution in [3.05, 3.63) is 65.2 Å². The van der Waals surface area contributed by atoms with Crippen LogP contribution in [0.4, 0.5) is 5.69 Å². The van der Waals surface area contributed by atoms with Gasteiger partial charge in [-0.15, -0.1) is 0 Å². The Morgan fingerprint density at radius 3 is 2.55 bits per heavy atom. The molecule has 38 heavy (non-hydrogen) atoms. The maximum Gasteiger partial charge on any atom is 0.250 e. The largest absolute Gasteiger partial charge is 0.394 e. The van der Waals surface area contributed by atoms with Gasteiger partial charge in [-0.05, 0) is 62.8 Å². The molecule has 8 nitrogen and oxygen atoms in total. The summed E-state index contributed by atoms with van der Waals surface area (Å²) in [5, 5.41) is 16.1. The number of anilines is 1. The lowest BCUT2D eigenvalue weighted by molar-refractivity contribution is -0.148. The summed E-state index contributed by atoms with van der Waals surface area (Å²) >= 11 is 0. The fraction of sp³-hybridized carbons (Fsp3) is 0.500. The third kappa shape index (κ3) is 3.93. The zero-order valence-corrected chi connectivity index (χ0v) is 22.7. The van der Waals surface area contributed by atoms with Gasteiger partial charge in [0.1, 0.15) is 11.6 Å². The Hall–Kier alpha value is -3.23. The molecule has 0 aromatic heterocycles. The van der Waals surface area contributed by atoms with Gasteiger partial charge in [0.2, 0.25) is 17.7 Å². The average molecular weight is 520 g/mol. The summed E-state index contributed by atoms with van der Waals surface area (Å²) in [6, 6.07) is 13.8. The van der Waals surface area contributed by atoms with Gasteiger partial charge in [-0.3, -0.25) is 14.4 Å². The third-order valence-corrected chi connectivity index (χ3v) is 8.98. The summed E-state index contributed by atoms with van der Waals surface area (Å²) in [7, 11) is 0. The van der Waals surface area contributed by atoms with Crippen LogP contribution >= 0.6 is 0 Å². The topological polar surface area (TPSA) is 108 Å². The first-order valence-electron chi connectivity index (χ1n) is 13.4. The van der Waals surface area contributed by atoms with Crippen LogP contribution < -0.4 is 10.6 Å². The molecule has 3 N–H and O–H groups in total. The number of nitrogens with zero attached hydrogens (tertiary/aromatic N) is 1. The summed E-state index contributed by atoms with van der Waals surface area (Å²) in [5.41, 5.74) is 1.47. The highest BCUT2D eigenvalue weighted by Gasteiger charge is 2.80. The molecule has 7 atom stereocenters. The van der Waals surface area contributed by atoms with Gasteiger partial charge in [0, 0.05) is 12.2 Å². The van der Waals surface area contributed by atoms with Gasteiger partial charge in [0.05, 0.1) is 30.1 Å². The second-order valence-corrected chi connectivity index (χ2v) is 11.5. The molecule has 3 saturated heterocycles. The molecule has 3 aliphatic heterocycles. The fourth-order valence-corrected chi connectivity index (χ4v) is 6.90. The van der Waals surface area contributed by atoms with Crippen molar-refractivity contribution >= 4 is 23.4 Å². The minimum atomic E-state index is -1.16. The number of carbonyl (C=O) groups is 3. The maximum absolute atomic E-state index is 14.1. The minimum Gasteiger partial charge on any atom is -0.394 e. The van der Waals surface area contributed by atoms with Crippen LogP contribution in [0.2, 0.25) is 0 Å². The van der Waals surface area contributed by atoms with Crippen LogP contribution in [0.3, 0.4) is 0 Å². The van der Waals surface area contributed by atoms with Crippen molar-refractivity contribution in [2.45, 2.75) is 70.9 Å². The first kappa shape index (κ1) is 26.4. The third-order valence-electron chi connectivity index (χ3n) is 8.98. The van der Waals surface area contributed by atoms with E-state index in [9.17, 15) is 19.5 Å². The molecular weight excluding hydrogens is 482 g/mol. The highest BCUT2D eigenvalue weighted by molar-refractivity contribution is 6.04. The number of nitrogens with one attached hydrogen (secondary N) is 2. The first-order chi connectivity index (χ1) is 18.0. The standard InChI is InChI=1S/C30H37N3O5/c1-17-11-12-18(2)22(13-17)32-27(36)25-30-14-19(3)29(5,38-30)23(24(30)28(37)33(25)20(4)16-34)26(35)31-15-21-9-7-6-8-10-21/h6-13,19-20,23-25,34H,14-16H2,1-5H3,(H,31,35)(H,32,36)/t19?,20-,23-,24+,25?,29+,30?/m1/s1. The molecule has 2 aromatic carbocycles. The van der Waals surface area contributed by atoms with Gasteiger partial charge in [0.15, 0.2) is 0 Å². The van der Waals surface area contributed by atoms with E-state index in [1.807, 2.05) is 76.2 Å². The number of ether oxygens (including phenoxy) is 1. The van der Waals surface area contributed by atoms with Crippen LogP contribution in [0.1, 0.15) is 43.9 Å². The Balaban J connectivity index is 1.51. The number of benzene rings is 2. The van der Waals surface area contributed by atoms with Crippen LogP contribution in [0, 0.1) is 31.6 Å². The molecule has 0 radical (unpaired) electrons. The number of aliphatic hydroxyl groups excluding tert-OH is 1. The summed E-state index contributed by atoms with van der Waals surface area (Å²) < 4.78 is 6.72. The minimum absolute atomic E-state index is 0.0561. The highest BCUT2D eigenvalue weighted by Crippen LogP contribution is 2.65. The summed E-state index contributed by atoms with van der Waals surface area (Å²) in [5.74, 6) is -2.56. The average Bonchev–Trinajstić information content (AvgIpc) is 3.41. The van der Waals surface area contributed by atoms with Crippen LogP contribution in [0.5, 0.6) is 0 Å². The van der Waals surface area contributed by atoms with Crippen LogP contribution in [-0.2, 0) is 25.7 Å². The first-order valence-corrected chi connectivity index (χ1v) is 13.4. The van der Waals surface area contributed by atoms with Gasteiger partial charge >= 0.3 is 0 Å². The molecule has 0 aliphatic carbocycles. The van der Waals surface area contributed by atoms with E-state index in [1.165, 1.54) is 4.90 Å². The zero-order valence-electron chi connectivity index (χ0n) is 22.7. The van der Waals surface area contributed by atoms with Crippen LogP contribution in [-0.4, -0.2) is 57.6 Å². The lowest BCUT2D eigenvalue weighted by Crippen LogP contribution is -2.56. The number of carbonyl (C=O) groups excluding carboxylic acids is 3. The Bertz CT molecular complexity index is 1270. The Morgan fingerprint density at radius 2 is 1.87 bits per heavy atom. The summed E-state index contributed by atoms with van der Waals surface area (Å²) in [6.07, 6.45) is 0.474. The maximum atomic E-state index is 14.1. The lowest BCUT2D eigenvalue weighted by Gasteiger charge is -2.36. The number of rotatable bonds is 7. The number of aryl methyl sites for hydroxylation is 2. The second-order valence-electron chi connectivity index (χ2n) is 11.5. The van der Waals surface area contributed by atoms with E-state index in [0.717, 1.165) is 16.7 Å². The molecule has 202 valence electrons. The molecule has 2 aromatic rings. The van der Waals surface area contributed by atoms with E-state index in [0.29, 0.717) is 18.7 Å². The molecule has 0 saturated carbocycles. The number of amides is 3. The quantitative estimate of drug-likeness (QED) is 0.521. The van der Waals surface area contributed by atoms with E-state index in [-0.39, 0.29) is 30.2 Å². The molecule has 1 spiro atoms. The van der Waals surface area contributed by atoms with Crippen LogP contribution in [0.15, 0.2) is 48.5 Å². The number of fused-ring (bicyclic) bond motifs is 1. The van der Waals surface area contributed by atoms with Gasteiger partial charge in [-0.2, -0.15) is 0 Å². The zero-order chi connectivity index (χ0) is 27.4. The number of hydrogen-bond donors (Lipinski definition) is 3. The normalized spacial score (nSPS) is 32.3. The second kappa shape index (κ2) is 9.50. The van der Waals surface area contributed by atoms with Crippen molar-refractivity contribution in [3.8, 4) is 0 Å². The van der Waals surface area contributed by atoms with Gasteiger partial charge in [0.25, 0.3) is 0 Å². The lowest BCUT2D eigenvalue weighted by atomic mass is 9.62. The van der Waals surface area contributed by atoms with Crippen molar-refractivity contribution < 1.29 is 24.2 Å². The van der Waals surface area contributed by atoms with E-state index in [1.54, 1.807) is 6.92 Å². The molecule has 3 heterocycles. The van der Waals surface area contributed by atoms with Crippen molar-refractivity contribution in [1.82, 2.24) is 10.2 Å². The molecule has 2 bridgehead atoms. The van der Waals surface area contributed by atoms with Crippen molar-refractivity contribution in [2.24, 2.45) is 17.8 Å². The smallest absolute Gasteiger partial charge is 0.250 e. The molecule has 8 heteroatoms. The Labute approximate surface area is 223 Å². The number of likely N-dealkylation sites (tertiary alicyclic amines) is 1. The molecule has 3 unspecified atom stereocenters. The van der Waals surface area contributed by atoms with Gasteiger partial charge in [-0.25, -0.2) is 0 Å². The predicted molar refractivity (Wildman–Crippen MR) is 143 cm³/mol. The molecule has 3 fully saturated rings. The summed E-state index contributed by atoms with van der Waals surface area (Å²) in [6.45, 7) is 9.52. The van der Waals surface area contributed by atoms with Crippen molar-refractivity contribution in [1.29, 1.82) is 0 Å². The highest BCUT2D eigenvalue weighted by atomic mass is 16.5. The molecule has 3 aliphatic rings. The van der Waals surface area contributed by atoms with Crippen molar-refractivity contribution in [2.75, 3.05) is 11.9 Å². The summed E-state index contributed by atoms with van der Waals surface area (Å²) in [4.78, 5) is 43.3. The van der Waals surface area contributed by atoms with Crippen LogP contribution in [0.25, 0.3) is 0 Å².